The first-order valence-corrected chi connectivity index (χ1v) is 24.7. The van der Waals surface area contributed by atoms with Gasteiger partial charge in [0.05, 0.1) is 19.7 Å². The zero-order valence-electron chi connectivity index (χ0n) is 40.2. The van der Waals surface area contributed by atoms with Gasteiger partial charge in [-0.15, -0.1) is 0 Å². The van der Waals surface area contributed by atoms with Gasteiger partial charge in [-0.2, -0.15) is 0 Å². The first-order valence-electron chi connectivity index (χ1n) is 22.5. The molecule has 1 fully saturated rings. The molecule has 0 spiro atoms. The third-order valence-corrected chi connectivity index (χ3v) is 13.2. The zero-order valence-corrected chi connectivity index (χ0v) is 42.1. The van der Waals surface area contributed by atoms with Crippen LogP contribution in [-0.4, -0.2) is 219 Å². The monoisotopic (exact) mass is 1010 g/mol. The van der Waals surface area contributed by atoms with Crippen molar-refractivity contribution < 1.29 is 77.6 Å². The number of aliphatic carboxylic acids is 5. The molecule has 0 aromatic heterocycles. The van der Waals surface area contributed by atoms with Gasteiger partial charge in [0.25, 0.3) is 0 Å². The Labute approximate surface area is 405 Å². The summed E-state index contributed by atoms with van der Waals surface area (Å²) in [5.74, 6) is -7.89. The van der Waals surface area contributed by atoms with E-state index in [0.29, 0.717) is 41.5 Å². The first kappa shape index (κ1) is 58.4. The van der Waals surface area contributed by atoms with E-state index in [1.807, 2.05) is 44.7 Å². The van der Waals surface area contributed by atoms with Gasteiger partial charge in [0.1, 0.15) is 38.0 Å². The molecule has 1 saturated heterocycles. The molecule has 1 heterocycles. The highest BCUT2D eigenvalue weighted by Crippen LogP contribution is 2.40. The van der Waals surface area contributed by atoms with Crippen LogP contribution in [0.4, 0.5) is 0 Å². The molecular weight excluding hydrogens is 942 g/mol. The van der Waals surface area contributed by atoms with Gasteiger partial charge in [-0.1, -0.05) is 17.7 Å². The van der Waals surface area contributed by atoms with Gasteiger partial charge < -0.3 is 53.8 Å². The summed E-state index contributed by atoms with van der Waals surface area (Å²) in [4.78, 5) is 106. The number of aryl methyl sites for hydroxylation is 5. The van der Waals surface area contributed by atoms with Crippen LogP contribution in [0.25, 0.3) is 11.1 Å². The Morgan fingerprint density at radius 1 is 0.652 bits per heavy atom. The van der Waals surface area contributed by atoms with Crippen molar-refractivity contribution in [2.75, 3.05) is 111 Å². The van der Waals surface area contributed by atoms with Crippen LogP contribution in [0.15, 0.2) is 24.3 Å². The van der Waals surface area contributed by atoms with E-state index in [1.54, 1.807) is 14.7 Å². The lowest BCUT2D eigenvalue weighted by atomic mass is 9.90. The maximum atomic E-state index is 13.5. The third-order valence-electron chi connectivity index (χ3n) is 11.3. The molecule has 24 heteroatoms. The SMILES string of the molecule is CCOPCN1CCN(CC(=O)N(CC(=O)O)CC(=O)O)CCN(C(CCCOP(O)Oc2cc(C)c(-c3c(C)cc(C)cc3C)cc2C)C(=O)O)CCN(CC(=O)N(CC(=O)O)CC(=O)O)CC1. The van der Waals surface area contributed by atoms with E-state index in [2.05, 4.69) is 26.0 Å². The number of carboxylic acids is 5. The topological polar surface area (TPSA) is 288 Å². The Hall–Kier alpha value is -4.89. The van der Waals surface area contributed by atoms with E-state index >= 15 is 0 Å². The number of benzene rings is 2. The fraction of sp³-hybridized carbons (Fsp3) is 0.578. The van der Waals surface area contributed by atoms with E-state index in [-0.39, 0.29) is 80.6 Å². The number of rotatable bonds is 26. The molecule has 0 bridgehead atoms. The number of carboxylic acid groups (broad SMARTS) is 5. The van der Waals surface area contributed by atoms with Crippen molar-refractivity contribution in [3.63, 3.8) is 0 Å². The molecular formula is C45H68N6O16P2. The number of hydrogen-bond donors (Lipinski definition) is 6. The summed E-state index contributed by atoms with van der Waals surface area (Å²) in [7, 11) is -2.37. The van der Waals surface area contributed by atoms with E-state index in [1.165, 1.54) is 0 Å². The van der Waals surface area contributed by atoms with Crippen LogP contribution in [0, 0.1) is 34.6 Å². The molecule has 2 amide bonds. The van der Waals surface area contributed by atoms with Gasteiger partial charge in [0.15, 0.2) is 0 Å². The molecule has 1 aliphatic heterocycles. The van der Waals surface area contributed by atoms with Crippen LogP contribution in [-0.2, 0) is 42.6 Å². The Kier molecular flexibility index (Phi) is 24.8. The van der Waals surface area contributed by atoms with Gasteiger partial charge in [0.2, 0.25) is 11.8 Å². The molecule has 22 nitrogen and oxygen atoms in total. The fourth-order valence-electron chi connectivity index (χ4n) is 8.03. The molecule has 3 rings (SSSR count). The van der Waals surface area contributed by atoms with Crippen LogP contribution < -0.4 is 4.52 Å². The third kappa shape index (κ3) is 20.5. The summed E-state index contributed by atoms with van der Waals surface area (Å²) in [6, 6.07) is 6.93. The Bertz CT molecular complexity index is 1980. The molecule has 0 saturated carbocycles. The fourth-order valence-corrected chi connectivity index (χ4v) is 9.53. The summed E-state index contributed by atoms with van der Waals surface area (Å²) in [6.45, 7) is 9.31. The van der Waals surface area contributed by atoms with E-state index in [9.17, 15) is 64.0 Å². The standard InChI is InChI=1S/C45H68N6O16P2/c1-7-65-68-29-48-12-10-46(23-38(52)50(25-40(54)55)26-41(56)57)14-16-49(17-15-47(11-13-48)24-39(53)51(27-42(58)59)28-43(60)61)36(45(62)63)9-8-18-66-69(64)67-37-22-31(3)35(21-32(37)4)44-33(5)19-30(2)20-34(44)6/h19-22,36,64,68H,7-18,23-29H2,1-6H3,(H,54,55)(H,56,57)(H,58,59)(H,60,61)(H,62,63). The van der Waals surface area contributed by atoms with Gasteiger partial charge in [-0.3, -0.25) is 53.2 Å². The van der Waals surface area contributed by atoms with E-state index in [0.717, 1.165) is 38.9 Å². The van der Waals surface area contributed by atoms with Crippen molar-refractivity contribution in [3.8, 4) is 16.9 Å². The molecule has 2 aromatic rings. The Morgan fingerprint density at radius 2 is 1.12 bits per heavy atom. The van der Waals surface area contributed by atoms with Crippen LogP contribution in [0.1, 0.15) is 47.6 Å². The average molecular weight is 1010 g/mol. The number of carbonyl (C=O) groups excluding carboxylic acids is 2. The minimum absolute atomic E-state index is 0.0145. The molecule has 6 N–H and O–H groups in total. The van der Waals surface area contributed by atoms with Crippen molar-refractivity contribution in [1.29, 1.82) is 0 Å². The van der Waals surface area contributed by atoms with Crippen molar-refractivity contribution in [2.24, 2.45) is 0 Å². The van der Waals surface area contributed by atoms with Crippen LogP contribution in [0.5, 0.6) is 5.75 Å². The van der Waals surface area contributed by atoms with Crippen LogP contribution >= 0.6 is 17.4 Å². The molecule has 3 atom stereocenters. The second kappa shape index (κ2) is 29.3. The lowest BCUT2D eigenvalue weighted by molar-refractivity contribution is -0.150. The highest BCUT2D eigenvalue weighted by molar-refractivity contribution is 7.41. The number of hydrogen-bond acceptors (Lipinski definition) is 15. The highest BCUT2D eigenvalue weighted by Gasteiger charge is 2.30. The summed E-state index contributed by atoms with van der Waals surface area (Å²) >= 11 is 0. The predicted octanol–water partition coefficient (Wildman–Crippen LogP) is 2.55. The van der Waals surface area contributed by atoms with Crippen molar-refractivity contribution in [3.05, 3.63) is 52.1 Å². The Morgan fingerprint density at radius 3 is 1.57 bits per heavy atom. The minimum Gasteiger partial charge on any atom is -0.480 e. The molecule has 1 aliphatic rings. The second-order valence-electron chi connectivity index (χ2n) is 16.9. The van der Waals surface area contributed by atoms with Gasteiger partial charge in [-0.05, 0) is 99.9 Å². The van der Waals surface area contributed by atoms with Crippen molar-refractivity contribution in [1.82, 2.24) is 29.4 Å². The summed E-state index contributed by atoms with van der Waals surface area (Å²) in [5, 5.41) is 48.3. The lowest BCUT2D eigenvalue weighted by Crippen LogP contribution is -2.53. The molecule has 69 heavy (non-hydrogen) atoms. The highest BCUT2D eigenvalue weighted by atomic mass is 31.2. The van der Waals surface area contributed by atoms with Gasteiger partial charge >= 0.3 is 38.4 Å². The van der Waals surface area contributed by atoms with Crippen molar-refractivity contribution in [2.45, 2.75) is 60.4 Å². The van der Waals surface area contributed by atoms with Crippen molar-refractivity contribution >= 4 is 59.1 Å². The minimum atomic E-state index is -2.42. The first-order chi connectivity index (χ1) is 32.6. The van der Waals surface area contributed by atoms with Gasteiger partial charge in [0, 0.05) is 74.1 Å². The lowest BCUT2D eigenvalue weighted by Gasteiger charge is -2.36. The van der Waals surface area contributed by atoms with Crippen LogP contribution in [0.3, 0.4) is 0 Å². The van der Waals surface area contributed by atoms with E-state index < -0.39 is 82.5 Å². The molecule has 0 aliphatic carbocycles. The molecule has 384 valence electrons. The van der Waals surface area contributed by atoms with Crippen LogP contribution in [0.2, 0.25) is 0 Å². The zero-order chi connectivity index (χ0) is 51.4. The Balaban J connectivity index is 1.86. The average Bonchev–Trinajstić information content (AvgIpc) is 3.23. The summed E-state index contributed by atoms with van der Waals surface area (Å²) < 4.78 is 17.1. The number of carbonyl (C=O) groups is 7. The molecule has 3 unspecified atom stereocenters. The predicted molar refractivity (Wildman–Crippen MR) is 256 cm³/mol. The normalized spacial score (nSPS) is 15.8. The van der Waals surface area contributed by atoms with Gasteiger partial charge in [-0.25, -0.2) is 0 Å². The largest absolute Gasteiger partial charge is 0.480 e. The maximum Gasteiger partial charge on any atom is 0.394 e. The maximum absolute atomic E-state index is 13.5. The number of nitrogens with zero attached hydrogens (tertiary/aromatic N) is 6. The smallest absolute Gasteiger partial charge is 0.394 e. The molecule has 2 aromatic carbocycles. The quantitative estimate of drug-likeness (QED) is 0.0583. The number of amides is 2. The van der Waals surface area contributed by atoms with E-state index in [4.69, 9.17) is 13.6 Å². The molecule has 0 radical (unpaired) electrons. The summed E-state index contributed by atoms with van der Waals surface area (Å²) in [5.41, 5.74) is 7.32. The summed E-state index contributed by atoms with van der Waals surface area (Å²) in [6.07, 6.45) is 0.611. The second-order valence-corrected chi connectivity index (χ2v) is 18.7.